The highest BCUT2D eigenvalue weighted by Crippen LogP contribution is 2.35. The number of nitrogens with zero attached hydrogens (tertiary/aromatic N) is 1. The van der Waals surface area contributed by atoms with Crippen LogP contribution in [0.2, 0.25) is 0 Å². The lowest BCUT2D eigenvalue weighted by atomic mass is 9.98. The Kier molecular flexibility index (Phi) is 3.37. The quantitative estimate of drug-likeness (QED) is 0.698. The van der Waals surface area contributed by atoms with E-state index in [0.29, 0.717) is 18.4 Å². The number of carbonyl (C=O) groups excluding carboxylic acids is 3. The molecule has 1 heterocycles. The summed E-state index contributed by atoms with van der Waals surface area (Å²) in [6.45, 7) is -0.204. The van der Waals surface area contributed by atoms with Crippen molar-refractivity contribution in [3.63, 3.8) is 0 Å². The van der Waals surface area contributed by atoms with Crippen LogP contribution in [0.15, 0.2) is 42.5 Å². The van der Waals surface area contributed by atoms with Gasteiger partial charge in [-0.2, -0.15) is 0 Å². The van der Waals surface area contributed by atoms with Gasteiger partial charge in [-0.25, -0.2) is 4.79 Å². The maximum atomic E-state index is 12.6. The Labute approximate surface area is 139 Å². The lowest BCUT2D eigenvalue weighted by molar-refractivity contribution is -0.130. The van der Waals surface area contributed by atoms with Crippen LogP contribution < -0.4 is 5.32 Å². The highest BCUT2D eigenvalue weighted by molar-refractivity contribution is 6.11. The molecule has 0 radical (unpaired) electrons. The van der Waals surface area contributed by atoms with Crippen LogP contribution in [0.4, 0.5) is 4.79 Å². The molecule has 0 atom stereocenters. The van der Waals surface area contributed by atoms with Crippen molar-refractivity contribution in [2.24, 2.45) is 0 Å². The van der Waals surface area contributed by atoms with E-state index < -0.39 is 11.6 Å². The zero-order valence-corrected chi connectivity index (χ0v) is 13.2. The van der Waals surface area contributed by atoms with E-state index in [0.717, 1.165) is 28.5 Å². The van der Waals surface area contributed by atoms with Gasteiger partial charge in [-0.3, -0.25) is 14.5 Å². The highest BCUT2D eigenvalue weighted by Gasteiger charge is 2.52. The van der Waals surface area contributed by atoms with Gasteiger partial charge in [0, 0.05) is 5.56 Å². The molecule has 1 spiro atoms. The summed E-state index contributed by atoms with van der Waals surface area (Å²) < 4.78 is 0. The molecule has 2 aromatic rings. The van der Waals surface area contributed by atoms with Crippen molar-refractivity contribution >= 4 is 28.5 Å². The largest absolute Gasteiger partial charge is 0.325 e. The molecule has 3 amide bonds. The molecule has 0 aromatic heterocycles. The summed E-state index contributed by atoms with van der Waals surface area (Å²) in [6, 6.07) is 12.8. The summed E-state index contributed by atoms with van der Waals surface area (Å²) in [7, 11) is 0. The van der Waals surface area contributed by atoms with Crippen molar-refractivity contribution in [1.82, 2.24) is 10.2 Å². The van der Waals surface area contributed by atoms with Crippen LogP contribution >= 0.6 is 0 Å². The zero-order valence-electron chi connectivity index (χ0n) is 13.2. The first-order chi connectivity index (χ1) is 11.6. The average Bonchev–Trinajstić information content (AvgIpc) is 3.15. The van der Waals surface area contributed by atoms with Crippen LogP contribution in [-0.4, -0.2) is 34.7 Å². The van der Waals surface area contributed by atoms with Crippen LogP contribution in [0.25, 0.3) is 10.8 Å². The van der Waals surface area contributed by atoms with E-state index in [9.17, 15) is 14.4 Å². The second-order valence-electron chi connectivity index (χ2n) is 6.60. The van der Waals surface area contributed by atoms with Crippen molar-refractivity contribution in [2.45, 2.75) is 31.2 Å². The third kappa shape index (κ3) is 2.28. The predicted molar refractivity (Wildman–Crippen MR) is 89.7 cm³/mol. The van der Waals surface area contributed by atoms with Gasteiger partial charge in [0.05, 0.1) is 6.54 Å². The molecule has 5 nitrogen and oxygen atoms in total. The summed E-state index contributed by atoms with van der Waals surface area (Å²) in [5, 5.41) is 4.82. The third-order valence-electron chi connectivity index (χ3n) is 5.08. The summed E-state index contributed by atoms with van der Waals surface area (Å²) in [5.41, 5.74) is -0.248. The van der Waals surface area contributed by atoms with Crippen LogP contribution in [0.1, 0.15) is 36.0 Å². The number of fused-ring (bicyclic) bond motifs is 1. The fraction of sp³-hybridized carbons (Fsp3) is 0.316. The Bertz CT molecular complexity index is 853. The number of carbonyl (C=O) groups is 3. The molecule has 2 aliphatic rings. The summed E-state index contributed by atoms with van der Waals surface area (Å²) in [4.78, 5) is 38.4. The van der Waals surface area contributed by atoms with E-state index in [2.05, 4.69) is 5.32 Å². The maximum absolute atomic E-state index is 12.6. The number of Topliss-reactive ketones (excluding diaryl/α,β-unsaturated/α-hetero) is 1. The standard InChI is InChI=1S/C19H18N2O3/c22-16(15-8-7-13-5-1-2-6-14(13)11-15)12-21-17(23)19(20-18(21)24)9-3-4-10-19/h1-2,5-8,11H,3-4,9-10,12H2,(H,20,24). The van der Waals surface area contributed by atoms with Gasteiger partial charge < -0.3 is 5.32 Å². The van der Waals surface area contributed by atoms with E-state index in [1.807, 2.05) is 36.4 Å². The van der Waals surface area contributed by atoms with Gasteiger partial charge in [-0.1, -0.05) is 49.2 Å². The van der Waals surface area contributed by atoms with E-state index >= 15 is 0 Å². The molecule has 2 aromatic carbocycles. The molecule has 1 saturated heterocycles. The summed E-state index contributed by atoms with van der Waals surface area (Å²) >= 11 is 0. The van der Waals surface area contributed by atoms with Gasteiger partial charge in [0.1, 0.15) is 5.54 Å². The molecule has 1 N–H and O–H groups in total. The topological polar surface area (TPSA) is 66.5 Å². The molecule has 0 unspecified atom stereocenters. The average molecular weight is 322 g/mol. The SMILES string of the molecule is O=C(CN1C(=O)NC2(CCCC2)C1=O)c1ccc2ccccc2c1. The van der Waals surface area contributed by atoms with E-state index in [4.69, 9.17) is 0 Å². The zero-order chi connectivity index (χ0) is 16.7. The predicted octanol–water partition coefficient (Wildman–Crippen LogP) is 2.89. The van der Waals surface area contributed by atoms with Gasteiger partial charge in [0.25, 0.3) is 5.91 Å². The normalized spacial score (nSPS) is 19.2. The van der Waals surface area contributed by atoms with E-state index in [1.165, 1.54) is 0 Å². The smallest absolute Gasteiger partial charge is 0.323 e. The number of urea groups is 1. The monoisotopic (exact) mass is 322 g/mol. The Morgan fingerprint density at radius 3 is 2.50 bits per heavy atom. The minimum Gasteiger partial charge on any atom is -0.323 e. The second-order valence-corrected chi connectivity index (χ2v) is 6.60. The van der Waals surface area contributed by atoms with Crippen molar-refractivity contribution < 1.29 is 14.4 Å². The second kappa shape index (κ2) is 5.44. The number of amides is 3. The molecule has 122 valence electrons. The molecule has 4 rings (SSSR count). The van der Waals surface area contributed by atoms with Crippen LogP contribution in [0.3, 0.4) is 0 Å². The van der Waals surface area contributed by atoms with Crippen molar-refractivity contribution in [3.05, 3.63) is 48.0 Å². The summed E-state index contributed by atoms with van der Waals surface area (Å²) in [6.07, 6.45) is 3.19. The number of hydrogen-bond acceptors (Lipinski definition) is 3. The first-order valence-electron chi connectivity index (χ1n) is 8.25. The van der Waals surface area contributed by atoms with E-state index in [-0.39, 0.29) is 18.2 Å². The Balaban J connectivity index is 1.56. The molecule has 2 fully saturated rings. The van der Waals surface area contributed by atoms with E-state index in [1.54, 1.807) is 6.07 Å². The number of benzene rings is 2. The minimum atomic E-state index is -0.763. The van der Waals surface area contributed by atoms with Crippen molar-refractivity contribution in [1.29, 1.82) is 0 Å². The molecule has 24 heavy (non-hydrogen) atoms. The molecular formula is C19H18N2O3. The number of rotatable bonds is 3. The Morgan fingerprint density at radius 2 is 1.75 bits per heavy atom. The van der Waals surface area contributed by atoms with Crippen LogP contribution in [-0.2, 0) is 4.79 Å². The van der Waals surface area contributed by atoms with Crippen LogP contribution in [0, 0.1) is 0 Å². The van der Waals surface area contributed by atoms with Crippen molar-refractivity contribution in [2.75, 3.05) is 6.54 Å². The number of ketones is 1. The number of imide groups is 1. The third-order valence-corrected chi connectivity index (χ3v) is 5.08. The van der Waals surface area contributed by atoms with Gasteiger partial charge in [0.2, 0.25) is 0 Å². The molecule has 0 bridgehead atoms. The maximum Gasteiger partial charge on any atom is 0.325 e. The highest BCUT2D eigenvalue weighted by atomic mass is 16.2. The lowest BCUT2D eigenvalue weighted by Gasteiger charge is -2.19. The molecular weight excluding hydrogens is 304 g/mol. The molecule has 1 saturated carbocycles. The fourth-order valence-corrected chi connectivity index (χ4v) is 3.73. The Morgan fingerprint density at radius 1 is 1.04 bits per heavy atom. The van der Waals surface area contributed by atoms with Gasteiger partial charge in [-0.05, 0) is 29.7 Å². The Hall–Kier alpha value is -2.69. The first kappa shape index (κ1) is 14.9. The van der Waals surface area contributed by atoms with Crippen LogP contribution in [0.5, 0.6) is 0 Å². The van der Waals surface area contributed by atoms with Crippen molar-refractivity contribution in [3.8, 4) is 0 Å². The minimum absolute atomic E-state index is 0.204. The van der Waals surface area contributed by atoms with Gasteiger partial charge in [0.15, 0.2) is 5.78 Å². The molecule has 5 heteroatoms. The number of nitrogens with one attached hydrogen (secondary N) is 1. The summed E-state index contributed by atoms with van der Waals surface area (Å²) in [5.74, 6) is -0.474. The number of hydrogen-bond donors (Lipinski definition) is 1. The lowest BCUT2D eigenvalue weighted by Crippen LogP contribution is -2.44. The molecule has 1 aliphatic carbocycles. The van der Waals surface area contributed by atoms with Gasteiger partial charge >= 0.3 is 6.03 Å². The first-order valence-corrected chi connectivity index (χ1v) is 8.25. The molecule has 1 aliphatic heterocycles. The fourth-order valence-electron chi connectivity index (χ4n) is 3.73. The van der Waals surface area contributed by atoms with Gasteiger partial charge in [-0.15, -0.1) is 0 Å².